The zero-order valence-corrected chi connectivity index (χ0v) is 41.5. The number of aliphatic hydroxyl groups excluding tert-OH is 4. The maximum Gasteiger partial charge on any atom is 0.329 e. The molecular formula is C51H81NO15. The molecule has 67 heavy (non-hydrogen) atoms. The van der Waals surface area contributed by atoms with Gasteiger partial charge in [-0.2, -0.15) is 0 Å². The monoisotopic (exact) mass is 948 g/mol. The van der Waals surface area contributed by atoms with Gasteiger partial charge in [0.05, 0.1) is 24.4 Å². The second-order valence-corrected chi connectivity index (χ2v) is 20.2. The SMILES string of the molecule is CO[C@H]1C[C@@H]2CC[C@@H](C)[C@@](O)(O2)C(=O)C(=O)N2CCCC[C@H]2C(=O)O[C@H]([C@H](C)C[C@@H]2CC[C@@H](O)[C@H](OC)C2)CC(=O)[C@H](C)/C=C(\C)[C@@H](O)[C@@H](OC)C(=O)[C@H](C)C[C@H](C)/C=C/C(O)C(O)/C=C/1C. The lowest BCUT2D eigenvalue weighted by Gasteiger charge is -2.42. The number of hydrogen-bond donors (Lipinski definition) is 5. The number of amides is 1. The van der Waals surface area contributed by atoms with Gasteiger partial charge >= 0.3 is 5.97 Å². The minimum absolute atomic E-state index is 0.0470. The number of aliphatic hydroxyl groups is 5. The van der Waals surface area contributed by atoms with E-state index in [0.29, 0.717) is 68.9 Å². The van der Waals surface area contributed by atoms with Crippen LogP contribution in [0.1, 0.15) is 126 Å². The third-order valence-electron chi connectivity index (χ3n) is 14.9. The number of carbonyl (C=O) groups is 5. The van der Waals surface area contributed by atoms with Gasteiger partial charge in [0.15, 0.2) is 5.78 Å². The van der Waals surface area contributed by atoms with Crippen LogP contribution in [0, 0.1) is 35.5 Å². The van der Waals surface area contributed by atoms with E-state index in [4.69, 9.17) is 23.7 Å². The quantitative estimate of drug-likeness (QED) is 0.142. The highest BCUT2D eigenvalue weighted by atomic mass is 16.6. The van der Waals surface area contributed by atoms with Crippen LogP contribution in [-0.2, 0) is 47.7 Å². The summed E-state index contributed by atoms with van der Waals surface area (Å²) >= 11 is 0. The average molecular weight is 948 g/mol. The molecule has 3 heterocycles. The summed E-state index contributed by atoms with van der Waals surface area (Å²) in [6.07, 6.45) is 2.20. The van der Waals surface area contributed by atoms with Crippen LogP contribution < -0.4 is 0 Å². The lowest BCUT2D eigenvalue weighted by atomic mass is 9.78. The standard InChI is InChI=1S/C51H81NO15/c1-28-14-18-38(53)41(56)24-31(4)42(63-8)26-36-17-15-34(7)51(62,67-36)48(59)49(60)52-20-12-11-13-37(52)50(61)66-43(30(3)23-35-16-19-39(54)44(25-35)64-9)27-40(55)29(2)22-33(6)46(58)47(65-10)45(57)32(5)21-28/h14,18,22,24,28-30,32,34-39,41-44,46-47,53-54,56,58,62H,11-13,15-17,19-21,23,25-27H2,1-10H3/b18-14+,31-24+,33-22+/t28-,29-,30-,32-,34-,35+,36+,37+,38?,39-,41?,42+,43+,44-,46-,47+,51-/m1/s1. The summed E-state index contributed by atoms with van der Waals surface area (Å²) in [5.41, 5.74) is 0.884. The predicted octanol–water partition coefficient (Wildman–Crippen LogP) is 4.35. The van der Waals surface area contributed by atoms with Crippen molar-refractivity contribution >= 4 is 29.2 Å². The third-order valence-corrected chi connectivity index (χ3v) is 14.9. The van der Waals surface area contributed by atoms with Crippen LogP contribution in [0.5, 0.6) is 0 Å². The molecule has 0 aromatic heterocycles. The Bertz CT molecular complexity index is 1780. The molecule has 1 saturated carbocycles. The van der Waals surface area contributed by atoms with Crippen LogP contribution >= 0.6 is 0 Å². The van der Waals surface area contributed by atoms with Crippen molar-refractivity contribution in [1.29, 1.82) is 0 Å². The zero-order chi connectivity index (χ0) is 49.9. The highest BCUT2D eigenvalue weighted by molar-refractivity contribution is 6.39. The molecule has 16 heteroatoms. The number of carbonyl (C=O) groups excluding carboxylic acids is 5. The molecule has 5 N–H and O–H groups in total. The molecule has 4 aliphatic rings. The van der Waals surface area contributed by atoms with E-state index in [1.54, 1.807) is 53.9 Å². The van der Waals surface area contributed by atoms with Crippen molar-refractivity contribution in [3.8, 4) is 0 Å². The smallest absolute Gasteiger partial charge is 0.329 e. The Hall–Kier alpha value is -3.19. The van der Waals surface area contributed by atoms with Gasteiger partial charge in [0, 0.05) is 58.5 Å². The van der Waals surface area contributed by atoms with Gasteiger partial charge in [0.2, 0.25) is 5.79 Å². The minimum Gasteiger partial charge on any atom is -0.460 e. The number of ether oxygens (including phenoxy) is 5. The van der Waals surface area contributed by atoms with E-state index in [-0.39, 0.29) is 61.2 Å². The van der Waals surface area contributed by atoms with Crippen LogP contribution in [0.15, 0.2) is 35.5 Å². The number of methoxy groups -OCH3 is 3. The molecule has 17 atom stereocenters. The highest BCUT2D eigenvalue weighted by Crippen LogP contribution is 2.38. The molecule has 0 radical (unpaired) electrons. The van der Waals surface area contributed by atoms with Gasteiger partial charge in [-0.1, -0.05) is 58.9 Å². The Morgan fingerprint density at radius 3 is 2.16 bits per heavy atom. The van der Waals surface area contributed by atoms with Crippen LogP contribution in [0.3, 0.4) is 0 Å². The van der Waals surface area contributed by atoms with Gasteiger partial charge in [-0.25, -0.2) is 4.79 Å². The average Bonchev–Trinajstić information content (AvgIpc) is 3.30. The number of hydrogen-bond acceptors (Lipinski definition) is 15. The number of rotatable bonds is 6. The third kappa shape index (κ3) is 14.7. The fraction of sp³-hybridized carbons (Fsp3) is 0.784. The molecule has 2 saturated heterocycles. The molecule has 4 rings (SSSR count). The first-order chi connectivity index (χ1) is 31.6. The number of cyclic esters (lactones) is 1. The Morgan fingerprint density at radius 2 is 1.51 bits per heavy atom. The Balaban J connectivity index is 1.72. The van der Waals surface area contributed by atoms with Crippen LogP contribution in [0.2, 0.25) is 0 Å². The molecule has 380 valence electrons. The molecule has 0 aromatic rings. The van der Waals surface area contributed by atoms with E-state index < -0.39 is 96.1 Å². The van der Waals surface area contributed by atoms with Gasteiger partial charge < -0.3 is 54.1 Å². The van der Waals surface area contributed by atoms with E-state index in [9.17, 15) is 49.5 Å². The largest absolute Gasteiger partial charge is 0.460 e. The van der Waals surface area contributed by atoms with Gasteiger partial charge in [-0.05, 0) is 107 Å². The zero-order valence-electron chi connectivity index (χ0n) is 41.5. The van der Waals surface area contributed by atoms with Crippen molar-refractivity contribution in [3.63, 3.8) is 0 Å². The van der Waals surface area contributed by atoms with Gasteiger partial charge in [-0.15, -0.1) is 0 Å². The lowest BCUT2D eigenvalue weighted by molar-refractivity contribution is -0.265. The Morgan fingerprint density at radius 1 is 0.806 bits per heavy atom. The normalized spacial score (nSPS) is 41.6. The summed E-state index contributed by atoms with van der Waals surface area (Å²) < 4.78 is 29.2. The van der Waals surface area contributed by atoms with Gasteiger partial charge in [0.1, 0.15) is 42.3 Å². The number of fused-ring (bicyclic) bond motifs is 3. The van der Waals surface area contributed by atoms with Crippen LogP contribution in [0.25, 0.3) is 0 Å². The number of ketones is 3. The van der Waals surface area contributed by atoms with Crippen molar-refractivity contribution in [3.05, 3.63) is 35.5 Å². The minimum atomic E-state index is -2.52. The maximum atomic E-state index is 14.4. The summed E-state index contributed by atoms with van der Waals surface area (Å²) in [6.45, 7) is 12.1. The molecule has 3 aliphatic heterocycles. The molecule has 0 spiro atoms. The summed E-state index contributed by atoms with van der Waals surface area (Å²) in [7, 11) is 4.35. The van der Waals surface area contributed by atoms with Crippen molar-refractivity contribution in [2.24, 2.45) is 35.5 Å². The fourth-order valence-electron chi connectivity index (χ4n) is 10.4. The van der Waals surface area contributed by atoms with Crippen molar-refractivity contribution in [2.75, 3.05) is 27.9 Å². The number of esters is 1. The van der Waals surface area contributed by atoms with E-state index >= 15 is 0 Å². The number of allylic oxidation sites excluding steroid dienone is 2. The summed E-state index contributed by atoms with van der Waals surface area (Å²) in [5.74, 6) is -8.88. The molecule has 2 unspecified atom stereocenters. The summed E-state index contributed by atoms with van der Waals surface area (Å²) in [5, 5.41) is 55.7. The Kier molecular flexibility index (Phi) is 21.6. The number of nitrogens with zero attached hydrogens (tertiary/aromatic N) is 1. The second kappa shape index (κ2) is 25.6. The molecule has 3 fully saturated rings. The van der Waals surface area contributed by atoms with Crippen molar-refractivity contribution < 1.29 is 73.2 Å². The maximum absolute atomic E-state index is 14.4. The van der Waals surface area contributed by atoms with Crippen LogP contribution in [0.4, 0.5) is 0 Å². The fourth-order valence-corrected chi connectivity index (χ4v) is 10.4. The van der Waals surface area contributed by atoms with Gasteiger partial charge in [-0.3, -0.25) is 19.2 Å². The molecule has 16 nitrogen and oxygen atoms in total. The number of Topliss-reactive ketones (excluding diaryl/α,β-unsaturated/α-hetero) is 3. The van der Waals surface area contributed by atoms with E-state index in [1.165, 1.54) is 26.4 Å². The van der Waals surface area contributed by atoms with Gasteiger partial charge in [0.25, 0.3) is 11.7 Å². The van der Waals surface area contributed by atoms with Crippen LogP contribution in [-0.4, -0.2) is 154 Å². The first-order valence-electron chi connectivity index (χ1n) is 24.4. The van der Waals surface area contributed by atoms with E-state index in [2.05, 4.69) is 0 Å². The second-order valence-electron chi connectivity index (χ2n) is 20.2. The first kappa shape index (κ1) is 56.4. The number of piperidine rings is 1. The van der Waals surface area contributed by atoms with Crippen molar-refractivity contribution in [1.82, 2.24) is 4.90 Å². The van der Waals surface area contributed by atoms with E-state index in [1.807, 2.05) is 13.8 Å². The molecular weight excluding hydrogens is 867 g/mol. The lowest BCUT2D eigenvalue weighted by Crippen LogP contribution is -2.61. The van der Waals surface area contributed by atoms with Crippen molar-refractivity contribution in [2.45, 2.75) is 192 Å². The molecule has 1 aliphatic carbocycles. The van der Waals surface area contributed by atoms with E-state index in [0.717, 1.165) is 4.90 Å². The summed E-state index contributed by atoms with van der Waals surface area (Å²) in [4.78, 5) is 71.9. The predicted molar refractivity (Wildman–Crippen MR) is 248 cm³/mol. The molecule has 1 amide bonds. The molecule has 2 bridgehead atoms. The highest BCUT2D eigenvalue weighted by Gasteiger charge is 2.53. The first-order valence-corrected chi connectivity index (χ1v) is 24.4. The molecule has 0 aromatic carbocycles. The Labute approximate surface area is 397 Å². The summed E-state index contributed by atoms with van der Waals surface area (Å²) in [6, 6.07) is -1.18. The topological polar surface area (TPSA) is 236 Å².